The summed E-state index contributed by atoms with van der Waals surface area (Å²) in [5.74, 6) is 0.562. The normalized spacial score (nSPS) is 15.6. The van der Waals surface area contributed by atoms with Crippen LogP contribution in [0.1, 0.15) is 11.3 Å². The maximum atomic E-state index is 13.3. The first-order valence-corrected chi connectivity index (χ1v) is 11.2. The molecule has 4 rings (SSSR count). The van der Waals surface area contributed by atoms with E-state index in [9.17, 15) is 8.42 Å². The average Bonchev–Trinajstić information content (AvgIpc) is 3.15. The zero-order chi connectivity index (χ0) is 20.6. The lowest BCUT2D eigenvalue weighted by Gasteiger charge is -2.35. The number of aromatic nitrogens is 1. The van der Waals surface area contributed by atoms with Crippen molar-refractivity contribution in [2.75, 3.05) is 31.1 Å². The average molecular weight is 432 g/mol. The largest absolute Gasteiger partial charge is 0.369 e. The highest BCUT2D eigenvalue weighted by Crippen LogP contribution is 2.29. The minimum Gasteiger partial charge on any atom is -0.369 e. The molecule has 1 aromatic heterocycles. The highest BCUT2D eigenvalue weighted by molar-refractivity contribution is 7.89. The van der Waals surface area contributed by atoms with Gasteiger partial charge in [-0.15, -0.1) is 0 Å². The number of nitrogens with zero attached hydrogens (tertiary/aromatic N) is 3. The van der Waals surface area contributed by atoms with Crippen LogP contribution in [0.25, 0.3) is 11.3 Å². The van der Waals surface area contributed by atoms with Crippen molar-refractivity contribution in [1.82, 2.24) is 9.46 Å². The smallest absolute Gasteiger partial charge is 0.243 e. The summed E-state index contributed by atoms with van der Waals surface area (Å²) in [5.41, 5.74) is 3.22. The summed E-state index contributed by atoms with van der Waals surface area (Å²) in [7, 11) is -3.61. The Morgan fingerprint density at radius 2 is 1.66 bits per heavy atom. The van der Waals surface area contributed by atoms with E-state index in [2.05, 4.69) is 10.1 Å². The minimum absolute atomic E-state index is 0.309. The van der Waals surface area contributed by atoms with Gasteiger partial charge < -0.3 is 9.42 Å². The molecule has 1 aliphatic heterocycles. The Morgan fingerprint density at radius 1 is 0.966 bits per heavy atom. The molecule has 2 heterocycles. The molecule has 8 heteroatoms. The fraction of sp³-hybridized carbons (Fsp3) is 0.286. The van der Waals surface area contributed by atoms with Crippen LogP contribution in [0.5, 0.6) is 0 Å². The molecule has 0 atom stereocenters. The molecule has 0 spiro atoms. The number of anilines is 1. The van der Waals surface area contributed by atoms with Gasteiger partial charge in [0.1, 0.15) is 0 Å². The molecular weight excluding hydrogens is 410 g/mol. The van der Waals surface area contributed by atoms with Gasteiger partial charge in [-0.2, -0.15) is 4.31 Å². The second kappa shape index (κ2) is 7.82. The molecule has 2 aromatic carbocycles. The quantitative estimate of drug-likeness (QED) is 0.621. The highest BCUT2D eigenvalue weighted by Gasteiger charge is 2.30. The Morgan fingerprint density at radius 3 is 2.28 bits per heavy atom. The van der Waals surface area contributed by atoms with E-state index in [-0.39, 0.29) is 0 Å². The topological polar surface area (TPSA) is 66.7 Å². The maximum Gasteiger partial charge on any atom is 0.243 e. The second-order valence-electron chi connectivity index (χ2n) is 7.18. The van der Waals surface area contributed by atoms with Crippen LogP contribution in [0, 0.1) is 13.8 Å². The molecular formula is C21H22ClN3O3S. The summed E-state index contributed by atoms with van der Waals surface area (Å²) in [6, 6.07) is 14.7. The van der Waals surface area contributed by atoms with Gasteiger partial charge in [0, 0.05) is 48.5 Å². The Kier molecular flexibility index (Phi) is 5.38. The van der Waals surface area contributed by atoms with Gasteiger partial charge in [-0.05, 0) is 49.7 Å². The fourth-order valence-corrected chi connectivity index (χ4v) is 5.31. The monoisotopic (exact) mass is 431 g/mol. The van der Waals surface area contributed by atoms with Crippen LogP contribution in [0.2, 0.25) is 5.02 Å². The van der Waals surface area contributed by atoms with Crippen LogP contribution in [0.3, 0.4) is 0 Å². The van der Waals surface area contributed by atoms with Gasteiger partial charge in [-0.1, -0.05) is 28.9 Å². The molecule has 0 aliphatic carbocycles. The fourth-order valence-electron chi connectivity index (χ4n) is 3.51. The molecule has 0 unspecified atom stereocenters. The Bertz CT molecular complexity index is 1120. The third-order valence-corrected chi connectivity index (χ3v) is 7.44. The van der Waals surface area contributed by atoms with Gasteiger partial charge in [0.05, 0.1) is 10.6 Å². The number of hydrogen-bond donors (Lipinski definition) is 0. The summed E-state index contributed by atoms with van der Waals surface area (Å²) >= 11 is 5.96. The van der Waals surface area contributed by atoms with Crippen molar-refractivity contribution in [2.24, 2.45) is 0 Å². The molecule has 1 aliphatic rings. The van der Waals surface area contributed by atoms with Crippen LogP contribution in [-0.4, -0.2) is 44.1 Å². The first-order valence-electron chi connectivity index (χ1n) is 9.39. The number of sulfonamides is 1. The summed E-state index contributed by atoms with van der Waals surface area (Å²) in [6.45, 7) is 5.75. The summed E-state index contributed by atoms with van der Waals surface area (Å²) in [6.07, 6.45) is 0. The van der Waals surface area contributed by atoms with E-state index < -0.39 is 10.0 Å². The van der Waals surface area contributed by atoms with E-state index in [0.717, 1.165) is 11.4 Å². The van der Waals surface area contributed by atoms with E-state index in [1.807, 2.05) is 50.2 Å². The lowest BCUT2D eigenvalue weighted by Crippen LogP contribution is -2.48. The SMILES string of the molecule is Cc1cc(-c2ccc(C)c(S(=O)(=O)N3CCN(c4ccc(Cl)cc4)CC3)c2)on1. The summed E-state index contributed by atoms with van der Waals surface area (Å²) in [5, 5.41) is 4.58. The molecule has 3 aromatic rings. The van der Waals surface area contributed by atoms with Crippen LogP contribution in [-0.2, 0) is 10.0 Å². The number of benzene rings is 2. The molecule has 0 radical (unpaired) electrons. The van der Waals surface area contributed by atoms with Gasteiger partial charge in [-0.3, -0.25) is 0 Å². The number of aryl methyl sites for hydroxylation is 2. The molecule has 0 N–H and O–H groups in total. The molecule has 29 heavy (non-hydrogen) atoms. The summed E-state index contributed by atoms with van der Waals surface area (Å²) in [4.78, 5) is 2.48. The zero-order valence-corrected chi connectivity index (χ0v) is 17.9. The molecule has 1 fully saturated rings. The number of piperazine rings is 1. The van der Waals surface area contributed by atoms with E-state index in [0.29, 0.717) is 53.0 Å². The van der Waals surface area contributed by atoms with Crippen LogP contribution >= 0.6 is 11.6 Å². The van der Waals surface area contributed by atoms with Gasteiger partial charge in [0.15, 0.2) is 5.76 Å². The molecule has 0 saturated carbocycles. The number of halogens is 1. The van der Waals surface area contributed by atoms with Gasteiger partial charge in [0.2, 0.25) is 10.0 Å². The van der Waals surface area contributed by atoms with Gasteiger partial charge in [0.25, 0.3) is 0 Å². The Labute approximate surface area is 175 Å². The highest BCUT2D eigenvalue weighted by atomic mass is 35.5. The lowest BCUT2D eigenvalue weighted by molar-refractivity contribution is 0.384. The predicted molar refractivity (Wildman–Crippen MR) is 114 cm³/mol. The van der Waals surface area contributed by atoms with Crippen molar-refractivity contribution in [3.05, 3.63) is 64.8 Å². The van der Waals surface area contributed by atoms with E-state index in [1.165, 1.54) is 0 Å². The van der Waals surface area contributed by atoms with Gasteiger partial charge >= 0.3 is 0 Å². The Hall–Kier alpha value is -2.35. The molecule has 0 bridgehead atoms. The van der Waals surface area contributed by atoms with E-state index in [1.54, 1.807) is 16.4 Å². The standard InChI is InChI=1S/C21H22ClN3O3S/c1-15-3-4-17(20-13-16(2)23-28-20)14-21(15)29(26,27)25-11-9-24(10-12-25)19-7-5-18(22)6-8-19/h3-8,13-14H,9-12H2,1-2H3. The number of rotatable bonds is 4. The van der Waals surface area contributed by atoms with E-state index in [4.69, 9.17) is 16.1 Å². The van der Waals surface area contributed by atoms with Crippen LogP contribution < -0.4 is 4.90 Å². The zero-order valence-electron chi connectivity index (χ0n) is 16.3. The van der Waals surface area contributed by atoms with Crippen molar-refractivity contribution in [3.63, 3.8) is 0 Å². The molecule has 6 nitrogen and oxygen atoms in total. The Balaban J connectivity index is 1.55. The van der Waals surface area contributed by atoms with Crippen LogP contribution in [0.4, 0.5) is 5.69 Å². The molecule has 1 saturated heterocycles. The second-order valence-corrected chi connectivity index (χ2v) is 9.52. The van der Waals surface area contributed by atoms with Crippen molar-refractivity contribution < 1.29 is 12.9 Å². The van der Waals surface area contributed by atoms with Crippen molar-refractivity contribution in [3.8, 4) is 11.3 Å². The van der Waals surface area contributed by atoms with Crippen molar-refractivity contribution >= 4 is 27.3 Å². The predicted octanol–water partition coefficient (Wildman–Crippen LogP) is 4.12. The molecule has 0 amide bonds. The van der Waals surface area contributed by atoms with E-state index >= 15 is 0 Å². The number of hydrogen-bond acceptors (Lipinski definition) is 5. The third kappa shape index (κ3) is 4.03. The summed E-state index contributed by atoms with van der Waals surface area (Å²) < 4.78 is 33.5. The third-order valence-electron chi connectivity index (χ3n) is 5.15. The van der Waals surface area contributed by atoms with Crippen molar-refractivity contribution in [2.45, 2.75) is 18.7 Å². The lowest BCUT2D eigenvalue weighted by atomic mass is 10.1. The maximum absolute atomic E-state index is 13.3. The molecule has 152 valence electrons. The van der Waals surface area contributed by atoms with Crippen LogP contribution in [0.15, 0.2) is 57.9 Å². The van der Waals surface area contributed by atoms with Crippen molar-refractivity contribution in [1.29, 1.82) is 0 Å². The minimum atomic E-state index is -3.61. The first-order chi connectivity index (χ1) is 13.8. The first kappa shape index (κ1) is 19.9. The van der Waals surface area contributed by atoms with Gasteiger partial charge in [-0.25, -0.2) is 8.42 Å².